The molecule has 4 rings (SSSR count). The number of rotatable bonds is 3. The molecule has 0 aromatic carbocycles. The highest BCUT2D eigenvalue weighted by atomic mass is 16.4. The minimum absolute atomic E-state index is 0.0472. The summed E-state index contributed by atoms with van der Waals surface area (Å²) in [6, 6.07) is 0. The van der Waals surface area contributed by atoms with E-state index in [4.69, 9.17) is 0 Å². The minimum atomic E-state index is -0.617. The van der Waals surface area contributed by atoms with Gasteiger partial charge >= 0.3 is 5.97 Å². The number of hydrogen-bond acceptors (Lipinski definition) is 1. The van der Waals surface area contributed by atoms with E-state index in [1.54, 1.807) is 0 Å². The largest absolute Gasteiger partial charge is 0.481 e. The van der Waals surface area contributed by atoms with Crippen molar-refractivity contribution in [3.05, 3.63) is 0 Å². The second-order valence-corrected chi connectivity index (χ2v) is 7.84. The van der Waals surface area contributed by atoms with Crippen molar-refractivity contribution in [2.24, 2.45) is 40.9 Å². The molecule has 0 heterocycles. The topological polar surface area (TPSA) is 37.3 Å². The average Bonchev–Trinajstić information content (AvgIpc) is 2.25. The predicted octanol–water partition coefficient (Wildman–Crippen LogP) is 3.81. The third kappa shape index (κ3) is 1.71. The molecule has 4 bridgehead atoms. The summed E-state index contributed by atoms with van der Waals surface area (Å²) in [5.74, 6) is 3.39. The average molecular weight is 250 g/mol. The van der Waals surface area contributed by atoms with Crippen LogP contribution in [-0.2, 0) is 4.79 Å². The predicted molar refractivity (Wildman–Crippen MR) is 71.1 cm³/mol. The Morgan fingerprint density at radius 1 is 1.06 bits per heavy atom. The maximum atomic E-state index is 11.4. The van der Waals surface area contributed by atoms with Crippen LogP contribution in [0.4, 0.5) is 0 Å². The molecule has 0 spiro atoms. The third-order valence-corrected chi connectivity index (χ3v) is 6.57. The van der Waals surface area contributed by atoms with Gasteiger partial charge in [-0.2, -0.15) is 0 Å². The molecule has 0 aromatic rings. The maximum absolute atomic E-state index is 11.4. The highest BCUT2D eigenvalue weighted by molar-refractivity contribution is 5.70. The van der Waals surface area contributed by atoms with Gasteiger partial charge in [0.15, 0.2) is 0 Å². The molecule has 0 aliphatic heterocycles. The van der Waals surface area contributed by atoms with Crippen molar-refractivity contribution >= 4 is 5.97 Å². The quantitative estimate of drug-likeness (QED) is 0.827. The van der Waals surface area contributed by atoms with Crippen LogP contribution in [0.25, 0.3) is 0 Å². The van der Waals surface area contributed by atoms with Crippen molar-refractivity contribution in [1.82, 2.24) is 0 Å². The second kappa shape index (κ2) is 3.98. The van der Waals surface area contributed by atoms with Crippen LogP contribution in [0.1, 0.15) is 52.9 Å². The van der Waals surface area contributed by atoms with Crippen molar-refractivity contribution < 1.29 is 9.90 Å². The third-order valence-electron chi connectivity index (χ3n) is 6.57. The fourth-order valence-corrected chi connectivity index (χ4v) is 5.75. The highest BCUT2D eigenvalue weighted by Gasteiger charge is 2.54. The number of aliphatic carboxylic acids is 1. The van der Waals surface area contributed by atoms with Crippen LogP contribution in [0.2, 0.25) is 0 Å². The van der Waals surface area contributed by atoms with Gasteiger partial charge in [-0.15, -0.1) is 0 Å². The first kappa shape index (κ1) is 12.5. The van der Waals surface area contributed by atoms with E-state index in [1.165, 1.54) is 32.1 Å². The Labute approximate surface area is 110 Å². The summed E-state index contributed by atoms with van der Waals surface area (Å²) in [4.78, 5) is 11.4. The monoisotopic (exact) mass is 250 g/mol. The Morgan fingerprint density at radius 3 is 1.89 bits per heavy atom. The lowest BCUT2D eigenvalue weighted by Crippen LogP contribution is -2.52. The Balaban J connectivity index is 1.86. The first-order valence-corrected chi connectivity index (χ1v) is 7.62. The molecule has 2 heteroatoms. The fraction of sp³-hybridized carbons (Fsp3) is 0.938. The molecule has 2 nitrogen and oxygen atoms in total. The molecule has 102 valence electrons. The number of carbonyl (C=O) groups is 1. The zero-order valence-corrected chi connectivity index (χ0v) is 11.9. The molecular formula is C16H26O2. The zero-order chi connectivity index (χ0) is 13.1. The maximum Gasteiger partial charge on any atom is 0.306 e. The normalized spacial score (nSPS) is 44.1. The van der Waals surface area contributed by atoms with Gasteiger partial charge in [-0.05, 0) is 67.1 Å². The van der Waals surface area contributed by atoms with Crippen molar-refractivity contribution in [2.45, 2.75) is 52.9 Å². The number of carboxylic acid groups (broad SMARTS) is 1. The Hall–Kier alpha value is -0.530. The summed E-state index contributed by atoms with van der Waals surface area (Å²) < 4.78 is 0. The molecule has 0 amide bonds. The summed E-state index contributed by atoms with van der Waals surface area (Å²) in [6.45, 7) is 6.32. The van der Waals surface area contributed by atoms with Crippen LogP contribution in [-0.4, -0.2) is 11.1 Å². The summed E-state index contributed by atoms with van der Waals surface area (Å²) in [5.41, 5.74) is -0.0472. The Morgan fingerprint density at radius 2 is 1.50 bits per heavy atom. The van der Waals surface area contributed by atoms with Crippen LogP contribution in [0.3, 0.4) is 0 Å². The van der Waals surface area contributed by atoms with Crippen molar-refractivity contribution in [3.63, 3.8) is 0 Å². The van der Waals surface area contributed by atoms with Gasteiger partial charge in [-0.3, -0.25) is 4.79 Å². The number of hydrogen-bond donors (Lipinski definition) is 1. The Bertz CT molecular complexity index is 330. The van der Waals surface area contributed by atoms with Crippen LogP contribution >= 0.6 is 0 Å². The minimum Gasteiger partial charge on any atom is -0.481 e. The molecule has 4 aliphatic rings. The molecule has 0 aromatic heterocycles. The lowest BCUT2D eigenvalue weighted by Gasteiger charge is -2.59. The van der Waals surface area contributed by atoms with Gasteiger partial charge in [0.25, 0.3) is 0 Å². The van der Waals surface area contributed by atoms with Crippen molar-refractivity contribution in [3.8, 4) is 0 Å². The van der Waals surface area contributed by atoms with Crippen LogP contribution in [0.5, 0.6) is 0 Å². The molecule has 1 N–H and O–H groups in total. The summed E-state index contributed by atoms with van der Waals surface area (Å²) in [6.07, 6.45) is 7.00. The summed E-state index contributed by atoms with van der Waals surface area (Å²) >= 11 is 0. The van der Waals surface area contributed by atoms with Gasteiger partial charge in [-0.25, -0.2) is 0 Å². The standard InChI is InChI=1S/C16H26O2/c1-9(15(17)18)16(2,3)14-12-5-10-4-11(7-12)8-13(14)6-10/h9-14H,4-8H2,1-3H3,(H,17,18). The van der Waals surface area contributed by atoms with Crippen molar-refractivity contribution in [2.75, 3.05) is 0 Å². The van der Waals surface area contributed by atoms with E-state index < -0.39 is 5.97 Å². The zero-order valence-electron chi connectivity index (χ0n) is 11.9. The SMILES string of the molecule is CC(C(=O)O)C(C)(C)C1C2CC3CC(C2)CC1C3. The molecule has 1 unspecified atom stereocenters. The lowest BCUT2D eigenvalue weighted by atomic mass is 9.46. The van der Waals surface area contributed by atoms with E-state index in [9.17, 15) is 9.90 Å². The molecule has 4 aliphatic carbocycles. The van der Waals surface area contributed by atoms with E-state index in [2.05, 4.69) is 13.8 Å². The van der Waals surface area contributed by atoms with Gasteiger partial charge in [0, 0.05) is 0 Å². The smallest absolute Gasteiger partial charge is 0.306 e. The second-order valence-electron chi connectivity index (χ2n) is 7.84. The van der Waals surface area contributed by atoms with E-state index in [1.807, 2.05) is 6.92 Å². The van der Waals surface area contributed by atoms with E-state index >= 15 is 0 Å². The van der Waals surface area contributed by atoms with Gasteiger partial charge in [0.1, 0.15) is 0 Å². The summed E-state index contributed by atoms with van der Waals surface area (Å²) in [5, 5.41) is 9.37. The van der Waals surface area contributed by atoms with Gasteiger partial charge in [0.2, 0.25) is 0 Å². The van der Waals surface area contributed by atoms with Gasteiger partial charge < -0.3 is 5.11 Å². The van der Waals surface area contributed by atoms with E-state index in [0.29, 0.717) is 5.92 Å². The van der Waals surface area contributed by atoms with Gasteiger partial charge in [-0.1, -0.05) is 20.8 Å². The molecule has 4 fully saturated rings. The van der Waals surface area contributed by atoms with Crippen molar-refractivity contribution in [1.29, 1.82) is 0 Å². The molecule has 0 saturated heterocycles. The van der Waals surface area contributed by atoms with E-state index in [-0.39, 0.29) is 11.3 Å². The first-order chi connectivity index (χ1) is 8.39. The number of carboxylic acids is 1. The van der Waals surface area contributed by atoms with Crippen LogP contribution < -0.4 is 0 Å². The molecule has 4 saturated carbocycles. The van der Waals surface area contributed by atoms with Crippen LogP contribution in [0, 0.1) is 40.9 Å². The fourth-order valence-electron chi connectivity index (χ4n) is 5.75. The first-order valence-electron chi connectivity index (χ1n) is 7.62. The molecule has 0 radical (unpaired) electrons. The Kier molecular flexibility index (Phi) is 2.76. The van der Waals surface area contributed by atoms with Crippen LogP contribution in [0.15, 0.2) is 0 Å². The molecule has 1 atom stereocenters. The highest BCUT2D eigenvalue weighted by Crippen LogP contribution is 2.62. The van der Waals surface area contributed by atoms with Gasteiger partial charge in [0.05, 0.1) is 5.92 Å². The molecule has 18 heavy (non-hydrogen) atoms. The van der Waals surface area contributed by atoms with E-state index in [0.717, 1.165) is 23.7 Å². The lowest BCUT2D eigenvalue weighted by molar-refractivity contribution is -0.154. The molecular weight excluding hydrogens is 224 g/mol. The summed E-state index contributed by atoms with van der Waals surface area (Å²) in [7, 11) is 0.